The van der Waals surface area contributed by atoms with Crippen molar-refractivity contribution in [3.63, 3.8) is 0 Å². The van der Waals surface area contributed by atoms with Crippen molar-refractivity contribution in [1.82, 2.24) is 0 Å². The maximum atomic E-state index is 14.2. The van der Waals surface area contributed by atoms with Crippen molar-refractivity contribution in [2.45, 2.75) is 65.2 Å². The minimum atomic E-state index is -0.919. The first kappa shape index (κ1) is 19.4. The molecule has 0 aliphatic carbocycles. The summed E-state index contributed by atoms with van der Waals surface area (Å²) in [6.45, 7) is 5.21. The Kier molecular flexibility index (Phi) is 8.20. The maximum Gasteiger partial charge on any atom is 0.499 e. The molecule has 0 spiro atoms. The lowest BCUT2D eigenvalue weighted by Crippen LogP contribution is -2.47. The Morgan fingerprint density at radius 3 is 2.17 bits per heavy atom. The molecule has 1 aromatic carbocycles. The smallest absolute Gasteiger partial charge is 0.407 e. The van der Waals surface area contributed by atoms with Crippen LogP contribution in [0.2, 0.25) is 0 Å². The molecule has 1 heterocycles. The maximum absolute atomic E-state index is 14.2. The molecule has 0 unspecified atom stereocenters. The van der Waals surface area contributed by atoms with Gasteiger partial charge >= 0.3 is 7.12 Å². The molecule has 0 aromatic heterocycles. The topological polar surface area (TPSA) is 18.5 Å². The third-order valence-electron chi connectivity index (χ3n) is 4.60. The standard InChI is InChI=1S/C19H29BF2O2/c1-3-5-6-7-8-10-16-13-23-20(24-14-16)19-17(21)11-15(9-4-2)12-18(19)22/h11-12,16H,3-10,13-14H2,1-2H3. The van der Waals surface area contributed by atoms with Gasteiger partial charge in [-0.2, -0.15) is 0 Å². The van der Waals surface area contributed by atoms with E-state index in [9.17, 15) is 8.78 Å². The molecule has 0 N–H and O–H groups in total. The van der Waals surface area contributed by atoms with Gasteiger partial charge in [0.2, 0.25) is 0 Å². The molecule has 1 aliphatic heterocycles. The van der Waals surface area contributed by atoms with E-state index in [1.165, 1.54) is 37.8 Å². The summed E-state index contributed by atoms with van der Waals surface area (Å²) in [5.41, 5.74) is 0.591. The van der Waals surface area contributed by atoms with Crippen LogP contribution in [-0.4, -0.2) is 20.3 Å². The molecular formula is C19H29BF2O2. The number of aryl methyl sites for hydroxylation is 1. The van der Waals surface area contributed by atoms with Gasteiger partial charge in [-0.25, -0.2) is 8.78 Å². The fourth-order valence-electron chi connectivity index (χ4n) is 3.21. The van der Waals surface area contributed by atoms with Gasteiger partial charge in [-0.1, -0.05) is 52.4 Å². The molecular weight excluding hydrogens is 309 g/mol. The van der Waals surface area contributed by atoms with Crippen LogP contribution in [0.25, 0.3) is 0 Å². The highest BCUT2D eigenvalue weighted by Crippen LogP contribution is 2.19. The summed E-state index contributed by atoms with van der Waals surface area (Å²) >= 11 is 0. The van der Waals surface area contributed by atoms with Gasteiger partial charge in [0.25, 0.3) is 0 Å². The van der Waals surface area contributed by atoms with Crippen molar-refractivity contribution in [2.24, 2.45) is 5.92 Å². The first-order valence-electron chi connectivity index (χ1n) is 9.36. The Morgan fingerprint density at radius 1 is 0.958 bits per heavy atom. The van der Waals surface area contributed by atoms with Crippen LogP contribution in [0.5, 0.6) is 0 Å². The molecule has 24 heavy (non-hydrogen) atoms. The zero-order valence-electron chi connectivity index (χ0n) is 15.0. The van der Waals surface area contributed by atoms with Crippen molar-refractivity contribution < 1.29 is 18.1 Å². The lowest BCUT2D eigenvalue weighted by atomic mass is 9.75. The van der Waals surface area contributed by atoms with Gasteiger partial charge in [0.15, 0.2) is 0 Å². The average molecular weight is 338 g/mol. The normalized spacial score (nSPS) is 15.9. The number of unbranched alkanes of at least 4 members (excludes halogenated alkanes) is 4. The third-order valence-corrected chi connectivity index (χ3v) is 4.60. The highest BCUT2D eigenvalue weighted by molar-refractivity contribution is 6.61. The van der Waals surface area contributed by atoms with Gasteiger partial charge in [0, 0.05) is 19.1 Å². The Balaban J connectivity index is 1.84. The van der Waals surface area contributed by atoms with E-state index in [2.05, 4.69) is 6.92 Å². The summed E-state index contributed by atoms with van der Waals surface area (Å²) in [6, 6.07) is 2.79. The van der Waals surface area contributed by atoms with Gasteiger partial charge in [-0.3, -0.25) is 0 Å². The monoisotopic (exact) mass is 338 g/mol. The van der Waals surface area contributed by atoms with Gasteiger partial charge in [0.1, 0.15) is 11.6 Å². The van der Waals surface area contributed by atoms with E-state index in [1.54, 1.807) is 0 Å². The Labute approximate surface area is 145 Å². The minimum absolute atomic E-state index is 0.0868. The summed E-state index contributed by atoms with van der Waals surface area (Å²) in [4.78, 5) is 0. The quantitative estimate of drug-likeness (QED) is 0.483. The minimum Gasteiger partial charge on any atom is -0.407 e. The zero-order chi connectivity index (χ0) is 17.4. The van der Waals surface area contributed by atoms with Gasteiger partial charge in [0.05, 0.1) is 5.46 Å². The van der Waals surface area contributed by atoms with E-state index in [4.69, 9.17) is 9.31 Å². The molecule has 0 bridgehead atoms. The van der Waals surface area contributed by atoms with Crippen LogP contribution < -0.4 is 5.46 Å². The van der Waals surface area contributed by atoms with Crippen LogP contribution in [0, 0.1) is 17.6 Å². The number of rotatable bonds is 9. The number of hydrogen-bond donors (Lipinski definition) is 0. The summed E-state index contributed by atoms with van der Waals surface area (Å²) in [7, 11) is -0.919. The summed E-state index contributed by atoms with van der Waals surface area (Å²) in [5.74, 6) is -0.809. The van der Waals surface area contributed by atoms with Crippen molar-refractivity contribution in [1.29, 1.82) is 0 Å². The molecule has 0 amide bonds. The highest BCUT2D eigenvalue weighted by atomic mass is 19.1. The average Bonchev–Trinajstić information content (AvgIpc) is 2.56. The number of hydrogen-bond acceptors (Lipinski definition) is 2. The van der Waals surface area contributed by atoms with Crippen LogP contribution in [0.3, 0.4) is 0 Å². The fourth-order valence-corrected chi connectivity index (χ4v) is 3.21. The lowest BCUT2D eigenvalue weighted by Gasteiger charge is -2.28. The van der Waals surface area contributed by atoms with Crippen molar-refractivity contribution >= 4 is 12.6 Å². The molecule has 5 heteroatoms. The van der Waals surface area contributed by atoms with E-state index in [1.807, 2.05) is 6.92 Å². The van der Waals surface area contributed by atoms with Crippen molar-refractivity contribution in [3.8, 4) is 0 Å². The molecule has 1 saturated heterocycles. The van der Waals surface area contributed by atoms with Gasteiger partial charge < -0.3 is 9.31 Å². The Hall–Kier alpha value is -0.935. The molecule has 0 radical (unpaired) electrons. The van der Waals surface area contributed by atoms with E-state index >= 15 is 0 Å². The van der Waals surface area contributed by atoms with Crippen LogP contribution >= 0.6 is 0 Å². The SMILES string of the molecule is CCCCCCCC1COB(c2c(F)cc(CCC)cc2F)OC1. The molecule has 1 aromatic rings. The second kappa shape index (κ2) is 10.1. The summed E-state index contributed by atoms with van der Waals surface area (Å²) < 4.78 is 39.7. The van der Waals surface area contributed by atoms with E-state index < -0.39 is 18.8 Å². The predicted molar refractivity (Wildman–Crippen MR) is 94.5 cm³/mol. The van der Waals surface area contributed by atoms with Gasteiger partial charge in [-0.05, 0) is 30.5 Å². The first-order valence-corrected chi connectivity index (χ1v) is 9.36. The third kappa shape index (κ3) is 5.56. The first-order chi connectivity index (χ1) is 11.7. The van der Waals surface area contributed by atoms with Crippen molar-refractivity contribution in [2.75, 3.05) is 13.2 Å². The molecule has 134 valence electrons. The molecule has 1 aliphatic rings. The lowest BCUT2D eigenvalue weighted by molar-refractivity contribution is 0.0803. The number of benzene rings is 1. The van der Waals surface area contributed by atoms with Gasteiger partial charge in [-0.15, -0.1) is 0 Å². The molecule has 2 nitrogen and oxygen atoms in total. The molecule has 0 saturated carbocycles. The highest BCUT2D eigenvalue weighted by Gasteiger charge is 2.34. The second-order valence-corrected chi connectivity index (χ2v) is 6.79. The van der Waals surface area contributed by atoms with E-state index in [0.717, 1.165) is 19.3 Å². The van der Waals surface area contributed by atoms with Crippen LogP contribution in [0.15, 0.2) is 12.1 Å². The molecule has 1 fully saturated rings. The van der Waals surface area contributed by atoms with Crippen LogP contribution in [0.4, 0.5) is 8.78 Å². The van der Waals surface area contributed by atoms with E-state index in [0.29, 0.717) is 31.1 Å². The molecule has 0 atom stereocenters. The second-order valence-electron chi connectivity index (χ2n) is 6.79. The van der Waals surface area contributed by atoms with Crippen LogP contribution in [-0.2, 0) is 15.7 Å². The Bertz CT molecular complexity index is 479. The zero-order valence-corrected chi connectivity index (χ0v) is 15.0. The Morgan fingerprint density at radius 2 is 1.58 bits per heavy atom. The van der Waals surface area contributed by atoms with Crippen molar-refractivity contribution in [3.05, 3.63) is 29.3 Å². The fraction of sp³-hybridized carbons (Fsp3) is 0.684. The largest absolute Gasteiger partial charge is 0.499 e. The predicted octanol–water partition coefficient (Wildman–Crippen LogP) is 4.64. The number of halogens is 2. The summed E-state index contributed by atoms with van der Waals surface area (Å²) in [6.07, 6.45) is 8.77. The molecule has 2 rings (SSSR count). The summed E-state index contributed by atoms with van der Waals surface area (Å²) in [5, 5.41) is 0. The van der Waals surface area contributed by atoms with E-state index in [-0.39, 0.29) is 5.46 Å². The van der Waals surface area contributed by atoms with Crippen LogP contribution in [0.1, 0.15) is 64.4 Å².